The number of carboxylic acids is 1. The zero-order valence-electron chi connectivity index (χ0n) is 9.55. The van der Waals surface area contributed by atoms with Gasteiger partial charge in [-0.2, -0.15) is 0 Å². The molecule has 0 bridgehead atoms. The number of carboxylic acid groups (broad SMARTS) is 1. The number of halogens is 1. The van der Waals surface area contributed by atoms with Crippen LogP contribution in [0.2, 0.25) is 0 Å². The maximum Gasteiger partial charge on any atom is 0.306 e. The first-order chi connectivity index (χ1) is 8.31. The Morgan fingerprint density at radius 2 is 2.11 bits per heavy atom. The Morgan fingerprint density at radius 3 is 2.72 bits per heavy atom. The molecule has 1 atom stereocenters. The summed E-state index contributed by atoms with van der Waals surface area (Å²) in [5.41, 5.74) is 0.810. The van der Waals surface area contributed by atoms with Crippen LogP contribution in [0, 0.1) is 11.7 Å². The third-order valence-corrected chi connectivity index (χ3v) is 4.39. The van der Waals surface area contributed by atoms with E-state index in [4.69, 9.17) is 5.11 Å². The van der Waals surface area contributed by atoms with Crippen LogP contribution in [0.15, 0.2) is 28.5 Å². The minimum atomic E-state index is -3.64. The molecular weight excluding hydrogens is 259 g/mol. The molecule has 1 aromatic rings. The summed E-state index contributed by atoms with van der Waals surface area (Å²) in [6, 6.07) is 3.49. The Kier molecular flexibility index (Phi) is 2.98. The van der Waals surface area contributed by atoms with Crippen LogP contribution >= 0.6 is 0 Å². The standard InChI is InChI=1S/C12H11FO4S/c1-7(12(14)15)4-8-6-18(16,17)11-5-9(13)2-3-10(8)11/h2-3,5-7H,4H2,1H3,(H,14,15). The zero-order valence-corrected chi connectivity index (χ0v) is 10.4. The van der Waals surface area contributed by atoms with Gasteiger partial charge in [-0.25, -0.2) is 12.8 Å². The van der Waals surface area contributed by atoms with E-state index < -0.39 is 27.5 Å². The molecule has 1 aliphatic rings. The van der Waals surface area contributed by atoms with E-state index in [0.29, 0.717) is 11.1 Å². The molecule has 1 aromatic carbocycles. The number of aliphatic carboxylic acids is 1. The SMILES string of the molecule is CC(CC1=CS(=O)(=O)c2cc(F)ccc21)C(=O)O. The number of allylic oxidation sites excluding steroid dienone is 1. The molecule has 0 spiro atoms. The van der Waals surface area contributed by atoms with Crippen molar-refractivity contribution in [2.75, 3.05) is 0 Å². The van der Waals surface area contributed by atoms with Crippen LogP contribution in [-0.4, -0.2) is 19.5 Å². The fraction of sp³-hybridized carbons (Fsp3) is 0.250. The lowest BCUT2D eigenvalue weighted by Gasteiger charge is -2.07. The van der Waals surface area contributed by atoms with Gasteiger partial charge in [-0.1, -0.05) is 13.0 Å². The van der Waals surface area contributed by atoms with Crippen molar-refractivity contribution in [3.63, 3.8) is 0 Å². The van der Waals surface area contributed by atoms with E-state index in [9.17, 15) is 17.6 Å². The van der Waals surface area contributed by atoms with E-state index >= 15 is 0 Å². The number of benzene rings is 1. The Bertz CT molecular complexity index is 646. The topological polar surface area (TPSA) is 71.4 Å². The van der Waals surface area contributed by atoms with Crippen molar-refractivity contribution >= 4 is 21.4 Å². The fourth-order valence-corrected chi connectivity index (χ4v) is 3.39. The van der Waals surface area contributed by atoms with Crippen LogP contribution in [0.1, 0.15) is 18.9 Å². The largest absolute Gasteiger partial charge is 0.481 e. The lowest BCUT2D eigenvalue weighted by atomic mass is 9.97. The highest BCUT2D eigenvalue weighted by atomic mass is 32.2. The Balaban J connectivity index is 2.45. The summed E-state index contributed by atoms with van der Waals surface area (Å²) in [6.07, 6.45) is 0.104. The van der Waals surface area contributed by atoms with Crippen molar-refractivity contribution in [2.24, 2.45) is 5.92 Å². The maximum atomic E-state index is 13.0. The van der Waals surface area contributed by atoms with Crippen molar-refractivity contribution in [1.82, 2.24) is 0 Å². The molecule has 0 aliphatic carbocycles. The van der Waals surface area contributed by atoms with E-state index in [1.165, 1.54) is 19.1 Å². The fourth-order valence-electron chi connectivity index (χ4n) is 1.89. The summed E-state index contributed by atoms with van der Waals surface area (Å²) >= 11 is 0. The quantitative estimate of drug-likeness (QED) is 0.912. The van der Waals surface area contributed by atoms with E-state index in [1.54, 1.807) is 0 Å². The van der Waals surface area contributed by atoms with Gasteiger partial charge in [-0.3, -0.25) is 4.79 Å². The Hall–Kier alpha value is -1.69. The Labute approximate surface area is 104 Å². The second-order valence-electron chi connectivity index (χ2n) is 4.27. The van der Waals surface area contributed by atoms with E-state index in [1.807, 2.05) is 0 Å². The third-order valence-electron chi connectivity index (χ3n) is 2.84. The number of fused-ring (bicyclic) bond motifs is 1. The van der Waals surface area contributed by atoms with Gasteiger partial charge in [0.05, 0.1) is 10.8 Å². The minimum absolute atomic E-state index is 0.0879. The van der Waals surface area contributed by atoms with Crippen molar-refractivity contribution in [2.45, 2.75) is 18.2 Å². The average molecular weight is 270 g/mol. The second-order valence-corrected chi connectivity index (χ2v) is 6.04. The normalized spacial score (nSPS) is 18.0. The molecule has 96 valence electrons. The average Bonchev–Trinajstić information content (AvgIpc) is 2.50. The smallest absolute Gasteiger partial charge is 0.306 e. The molecule has 6 heteroatoms. The van der Waals surface area contributed by atoms with Gasteiger partial charge in [0, 0.05) is 5.41 Å². The van der Waals surface area contributed by atoms with E-state index in [2.05, 4.69) is 0 Å². The predicted octanol–water partition coefficient (Wildman–Crippen LogP) is 2.06. The second kappa shape index (κ2) is 4.20. The number of rotatable bonds is 3. The lowest BCUT2D eigenvalue weighted by Crippen LogP contribution is -2.09. The monoisotopic (exact) mass is 270 g/mol. The molecule has 4 nitrogen and oxygen atoms in total. The molecule has 1 heterocycles. The van der Waals surface area contributed by atoms with Crippen molar-refractivity contribution in [1.29, 1.82) is 0 Å². The van der Waals surface area contributed by atoms with E-state index in [0.717, 1.165) is 11.5 Å². The molecule has 0 saturated carbocycles. The van der Waals surface area contributed by atoms with E-state index in [-0.39, 0.29) is 11.3 Å². The maximum absolute atomic E-state index is 13.0. The highest BCUT2D eigenvalue weighted by Crippen LogP contribution is 2.37. The van der Waals surface area contributed by atoms with Crippen LogP contribution in [0.4, 0.5) is 4.39 Å². The third kappa shape index (κ3) is 2.15. The lowest BCUT2D eigenvalue weighted by molar-refractivity contribution is -0.140. The molecule has 0 radical (unpaired) electrons. The predicted molar refractivity (Wildman–Crippen MR) is 63.0 cm³/mol. The minimum Gasteiger partial charge on any atom is -0.481 e. The molecule has 0 amide bonds. The molecule has 1 unspecified atom stereocenters. The molecule has 0 saturated heterocycles. The number of hydrogen-bond acceptors (Lipinski definition) is 3. The molecule has 2 rings (SSSR count). The van der Waals surface area contributed by atoms with Crippen molar-refractivity contribution in [3.8, 4) is 0 Å². The summed E-state index contributed by atoms with van der Waals surface area (Å²) in [7, 11) is -3.64. The van der Waals surface area contributed by atoms with Gasteiger partial charge < -0.3 is 5.11 Å². The van der Waals surface area contributed by atoms with Gasteiger partial charge in [-0.15, -0.1) is 0 Å². The van der Waals surface area contributed by atoms with Crippen LogP contribution in [0.5, 0.6) is 0 Å². The van der Waals surface area contributed by atoms with Gasteiger partial charge in [0.2, 0.25) is 9.84 Å². The van der Waals surface area contributed by atoms with Crippen molar-refractivity contribution < 1.29 is 22.7 Å². The van der Waals surface area contributed by atoms with Gasteiger partial charge in [-0.05, 0) is 29.7 Å². The highest BCUT2D eigenvalue weighted by molar-refractivity contribution is 7.95. The summed E-state index contributed by atoms with van der Waals surface area (Å²) in [6.45, 7) is 1.50. The van der Waals surface area contributed by atoms with Crippen LogP contribution < -0.4 is 0 Å². The molecular formula is C12H11FO4S. The molecule has 1 aliphatic heterocycles. The van der Waals surface area contributed by atoms with Crippen molar-refractivity contribution in [3.05, 3.63) is 35.0 Å². The first-order valence-corrected chi connectivity index (χ1v) is 6.84. The van der Waals surface area contributed by atoms with Gasteiger partial charge in [0.25, 0.3) is 0 Å². The van der Waals surface area contributed by atoms with Crippen LogP contribution in [0.3, 0.4) is 0 Å². The summed E-state index contributed by atoms with van der Waals surface area (Å²) in [5, 5.41) is 9.85. The van der Waals surface area contributed by atoms with Crippen LogP contribution in [0.25, 0.3) is 5.57 Å². The molecule has 1 N–H and O–H groups in total. The summed E-state index contributed by atoms with van der Waals surface area (Å²) in [4.78, 5) is 10.7. The van der Waals surface area contributed by atoms with Gasteiger partial charge in [0.15, 0.2) is 0 Å². The Morgan fingerprint density at radius 1 is 1.44 bits per heavy atom. The number of carbonyl (C=O) groups is 1. The summed E-state index contributed by atoms with van der Waals surface area (Å²) in [5.74, 6) is -2.32. The highest BCUT2D eigenvalue weighted by Gasteiger charge is 2.29. The molecule has 0 fully saturated rings. The molecule has 0 aromatic heterocycles. The van der Waals surface area contributed by atoms with Crippen LogP contribution in [-0.2, 0) is 14.6 Å². The number of hydrogen-bond donors (Lipinski definition) is 1. The first-order valence-electron chi connectivity index (χ1n) is 5.29. The number of sulfone groups is 1. The summed E-state index contributed by atoms with van der Waals surface area (Å²) < 4.78 is 36.6. The first kappa shape index (κ1) is 12.8. The molecule has 18 heavy (non-hydrogen) atoms. The van der Waals surface area contributed by atoms with Gasteiger partial charge >= 0.3 is 5.97 Å². The zero-order chi connectivity index (χ0) is 13.5. The van der Waals surface area contributed by atoms with Gasteiger partial charge in [0.1, 0.15) is 5.82 Å².